The third kappa shape index (κ3) is 1.57. The Morgan fingerprint density at radius 1 is 1.19 bits per heavy atom. The molecule has 2 fully saturated rings. The second kappa shape index (κ2) is 3.31. The molecule has 0 N–H and O–H groups in total. The van der Waals surface area contributed by atoms with Crippen LogP contribution in [0.2, 0.25) is 0 Å². The Kier molecular flexibility index (Phi) is 2.13. The van der Waals surface area contributed by atoms with Gasteiger partial charge in [-0.05, 0) is 12.0 Å². The molecule has 4 heteroatoms. The van der Waals surface area contributed by atoms with Gasteiger partial charge in [0, 0.05) is 13.1 Å². The molecular weight excluding hydrogens is 222 g/mol. The zero-order valence-electron chi connectivity index (χ0n) is 9.09. The number of hydrogen-bond acceptors (Lipinski definition) is 3. The predicted molar refractivity (Wildman–Crippen MR) is 62.9 cm³/mol. The average Bonchev–Trinajstić information content (AvgIpc) is 2.22. The number of hydrogen-bond donors (Lipinski definition) is 0. The molecule has 0 unspecified atom stereocenters. The molecule has 2 saturated heterocycles. The van der Waals surface area contributed by atoms with Crippen molar-refractivity contribution in [1.29, 1.82) is 0 Å². The molecule has 2 aliphatic rings. The normalized spacial score (nSPS) is 26.0. The molecule has 2 aliphatic heterocycles. The topological polar surface area (TPSA) is 37.4 Å². The van der Waals surface area contributed by atoms with E-state index >= 15 is 0 Å². The number of sulfone groups is 1. The predicted octanol–water partition coefficient (Wildman–Crippen LogP) is 1.06. The van der Waals surface area contributed by atoms with Gasteiger partial charge in [0.1, 0.15) is 0 Å². The maximum Gasteiger partial charge on any atom is 0.154 e. The number of benzene rings is 1. The highest BCUT2D eigenvalue weighted by molar-refractivity contribution is 7.93. The molecule has 0 saturated carbocycles. The summed E-state index contributed by atoms with van der Waals surface area (Å²) in [5, 5.41) is 0. The first-order valence-electron chi connectivity index (χ1n) is 5.59. The van der Waals surface area contributed by atoms with Crippen LogP contribution in [-0.2, 0) is 16.4 Å². The lowest BCUT2D eigenvalue weighted by Gasteiger charge is -2.57. The zero-order valence-corrected chi connectivity index (χ0v) is 9.91. The Morgan fingerprint density at radius 3 is 2.38 bits per heavy atom. The maximum atomic E-state index is 11.3. The van der Waals surface area contributed by atoms with Crippen LogP contribution in [0, 0.1) is 0 Å². The van der Waals surface area contributed by atoms with Crippen molar-refractivity contribution < 1.29 is 8.42 Å². The lowest BCUT2D eigenvalue weighted by Crippen LogP contribution is -2.72. The molecule has 2 heterocycles. The Balaban J connectivity index is 1.70. The van der Waals surface area contributed by atoms with E-state index in [9.17, 15) is 8.42 Å². The summed E-state index contributed by atoms with van der Waals surface area (Å²) in [4.78, 5) is 2.31. The minimum Gasteiger partial charge on any atom is -0.291 e. The molecule has 0 radical (unpaired) electrons. The lowest BCUT2D eigenvalue weighted by molar-refractivity contribution is 0.00176. The van der Waals surface area contributed by atoms with Crippen molar-refractivity contribution in [3.05, 3.63) is 35.9 Å². The van der Waals surface area contributed by atoms with Gasteiger partial charge in [0.2, 0.25) is 0 Å². The Bertz CT molecular complexity index is 483. The second-order valence-corrected chi connectivity index (χ2v) is 6.98. The van der Waals surface area contributed by atoms with Gasteiger partial charge < -0.3 is 0 Å². The van der Waals surface area contributed by atoms with Crippen molar-refractivity contribution in [3.63, 3.8) is 0 Å². The number of nitrogens with zero attached hydrogens (tertiary/aromatic N) is 1. The number of rotatable bonds is 2. The summed E-state index contributed by atoms with van der Waals surface area (Å²) in [7, 11) is -2.72. The highest BCUT2D eigenvalue weighted by atomic mass is 32.2. The van der Waals surface area contributed by atoms with Crippen molar-refractivity contribution in [2.75, 3.05) is 18.1 Å². The maximum absolute atomic E-state index is 11.3. The van der Waals surface area contributed by atoms with E-state index in [1.165, 1.54) is 5.56 Å². The van der Waals surface area contributed by atoms with Crippen LogP contribution >= 0.6 is 0 Å². The van der Waals surface area contributed by atoms with Crippen molar-refractivity contribution >= 4 is 9.84 Å². The summed E-state index contributed by atoms with van der Waals surface area (Å²) in [5.41, 5.74) is 1.26. The first-order valence-corrected chi connectivity index (χ1v) is 7.41. The number of likely N-dealkylation sites (tertiary alicyclic amines) is 1. The van der Waals surface area contributed by atoms with Crippen LogP contribution in [0.25, 0.3) is 0 Å². The minimum atomic E-state index is -2.72. The molecule has 0 bridgehead atoms. The van der Waals surface area contributed by atoms with Crippen LogP contribution in [0.3, 0.4) is 0 Å². The zero-order chi connectivity index (χ0) is 11.2. The fraction of sp³-hybridized carbons (Fsp3) is 0.500. The smallest absolute Gasteiger partial charge is 0.154 e. The monoisotopic (exact) mass is 237 g/mol. The van der Waals surface area contributed by atoms with Crippen molar-refractivity contribution in [2.45, 2.75) is 18.5 Å². The van der Waals surface area contributed by atoms with Crippen LogP contribution in [0.15, 0.2) is 30.3 Å². The van der Waals surface area contributed by atoms with Gasteiger partial charge >= 0.3 is 0 Å². The van der Waals surface area contributed by atoms with Gasteiger partial charge in [-0.2, -0.15) is 0 Å². The van der Waals surface area contributed by atoms with E-state index in [-0.39, 0.29) is 5.54 Å². The molecule has 1 aromatic carbocycles. The average molecular weight is 237 g/mol. The summed E-state index contributed by atoms with van der Waals surface area (Å²) >= 11 is 0. The molecule has 1 spiro atoms. The van der Waals surface area contributed by atoms with Crippen LogP contribution in [0.4, 0.5) is 0 Å². The van der Waals surface area contributed by atoms with Gasteiger partial charge in [0.25, 0.3) is 0 Å². The van der Waals surface area contributed by atoms with Crippen LogP contribution in [-0.4, -0.2) is 36.9 Å². The molecule has 3 rings (SSSR count). The van der Waals surface area contributed by atoms with Gasteiger partial charge in [-0.15, -0.1) is 0 Å². The molecule has 16 heavy (non-hydrogen) atoms. The lowest BCUT2D eigenvalue weighted by atomic mass is 9.87. The van der Waals surface area contributed by atoms with Gasteiger partial charge in [-0.3, -0.25) is 4.90 Å². The van der Waals surface area contributed by atoms with E-state index in [4.69, 9.17) is 0 Å². The fourth-order valence-electron chi connectivity index (χ4n) is 2.74. The first-order chi connectivity index (χ1) is 7.60. The SMILES string of the molecule is O=S1(=O)CC2(CCN2Cc2ccccc2)C1. The largest absolute Gasteiger partial charge is 0.291 e. The first kappa shape index (κ1) is 10.3. The third-order valence-electron chi connectivity index (χ3n) is 3.71. The minimum absolute atomic E-state index is 0.00528. The second-order valence-electron chi connectivity index (χ2n) is 4.91. The van der Waals surface area contributed by atoms with Crippen molar-refractivity contribution in [3.8, 4) is 0 Å². The van der Waals surface area contributed by atoms with E-state index in [1.807, 2.05) is 18.2 Å². The van der Waals surface area contributed by atoms with E-state index in [0.717, 1.165) is 19.5 Å². The Morgan fingerprint density at radius 2 is 1.88 bits per heavy atom. The summed E-state index contributed by atoms with van der Waals surface area (Å²) < 4.78 is 22.5. The molecule has 1 aromatic rings. The summed E-state index contributed by atoms with van der Waals surface area (Å²) in [6.45, 7) is 1.92. The molecule has 0 atom stereocenters. The van der Waals surface area contributed by atoms with Gasteiger partial charge in [-0.1, -0.05) is 30.3 Å². The van der Waals surface area contributed by atoms with E-state index in [1.54, 1.807) is 0 Å². The van der Waals surface area contributed by atoms with Gasteiger partial charge in [0.05, 0.1) is 17.0 Å². The van der Waals surface area contributed by atoms with Crippen LogP contribution in [0.5, 0.6) is 0 Å². The molecule has 0 amide bonds. The summed E-state index contributed by atoms with van der Waals surface area (Å²) in [6, 6.07) is 10.3. The van der Waals surface area contributed by atoms with E-state index in [2.05, 4.69) is 17.0 Å². The quantitative estimate of drug-likeness (QED) is 0.772. The molecule has 86 valence electrons. The van der Waals surface area contributed by atoms with E-state index in [0.29, 0.717) is 11.5 Å². The van der Waals surface area contributed by atoms with Crippen LogP contribution in [0.1, 0.15) is 12.0 Å². The van der Waals surface area contributed by atoms with Gasteiger partial charge in [0.15, 0.2) is 9.84 Å². The molecule has 3 nitrogen and oxygen atoms in total. The highest BCUT2D eigenvalue weighted by Crippen LogP contribution is 2.41. The van der Waals surface area contributed by atoms with Crippen molar-refractivity contribution in [1.82, 2.24) is 4.90 Å². The molecular formula is C12H15NO2S. The highest BCUT2D eigenvalue weighted by Gasteiger charge is 2.57. The van der Waals surface area contributed by atoms with Crippen molar-refractivity contribution in [2.24, 2.45) is 0 Å². The fourth-order valence-corrected chi connectivity index (χ4v) is 4.95. The van der Waals surface area contributed by atoms with E-state index < -0.39 is 9.84 Å². The van der Waals surface area contributed by atoms with Crippen LogP contribution < -0.4 is 0 Å². The molecule has 0 aromatic heterocycles. The Hall–Kier alpha value is -0.870. The van der Waals surface area contributed by atoms with Gasteiger partial charge in [-0.25, -0.2) is 8.42 Å². The third-order valence-corrected chi connectivity index (χ3v) is 5.67. The molecule has 0 aliphatic carbocycles. The standard InChI is InChI=1S/C12H15NO2S/c14-16(15)9-12(10-16)6-7-13(12)8-11-4-2-1-3-5-11/h1-5H,6-10H2. The Labute approximate surface area is 96.0 Å². The summed E-state index contributed by atoms with van der Waals surface area (Å²) in [6.07, 6.45) is 1.04. The summed E-state index contributed by atoms with van der Waals surface area (Å²) in [5.74, 6) is 0.736.